The van der Waals surface area contributed by atoms with Gasteiger partial charge in [-0.3, -0.25) is 4.79 Å². The number of aliphatic carboxylic acids is 1. The van der Waals surface area contributed by atoms with Crippen molar-refractivity contribution < 1.29 is 32.6 Å². The number of carbonyl (C=O) groups is 2. The van der Waals surface area contributed by atoms with E-state index in [9.17, 15) is 22.8 Å². The maximum atomic E-state index is 13.0. The molecule has 1 N–H and O–H groups in total. The summed E-state index contributed by atoms with van der Waals surface area (Å²) in [4.78, 5) is 23.8. The van der Waals surface area contributed by atoms with Gasteiger partial charge in [0.05, 0.1) is 11.8 Å². The molecule has 126 valence electrons. The third kappa shape index (κ3) is 4.37. The van der Waals surface area contributed by atoms with Crippen molar-refractivity contribution in [1.82, 2.24) is 4.90 Å². The fourth-order valence-corrected chi connectivity index (χ4v) is 2.56. The van der Waals surface area contributed by atoms with Crippen LogP contribution in [-0.4, -0.2) is 41.3 Å². The smallest absolute Gasteiger partial charge is 0.410 e. The van der Waals surface area contributed by atoms with Gasteiger partial charge >= 0.3 is 18.2 Å². The quantitative estimate of drug-likeness (QED) is 0.925. The van der Waals surface area contributed by atoms with E-state index in [0.29, 0.717) is 5.56 Å². The topological polar surface area (TPSA) is 66.8 Å². The molecule has 1 aliphatic rings. The summed E-state index contributed by atoms with van der Waals surface area (Å²) in [6.07, 6.45) is -5.80. The fraction of sp³-hybridized carbons (Fsp3) is 0.467. The van der Waals surface area contributed by atoms with Crippen molar-refractivity contribution in [3.05, 3.63) is 35.9 Å². The number of likely N-dealkylation sites (tertiary alicyclic amines) is 1. The second-order valence-corrected chi connectivity index (χ2v) is 5.37. The Bertz CT molecular complexity index is 562. The van der Waals surface area contributed by atoms with Gasteiger partial charge in [0.25, 0.3) is 0 Å². The molecule has 0 bridgehead atoms. The number of hydrogen-bond acceptors (Lipinski definition) is 3. The van der Waals surface area contributed by atoms with Crippen molar-refractivity contribution >= 4 is 12.1 Å². The van der Waals surface area contributed by atoms with Crippen LogP contribution >= 0.6 is 0 Å². The number of rotatable bonds is 3. The van der Waals surface area contributed by atoms with E-state index in [0.717, 1.165) is 4.90 Å². The van der Waals surface area contributed by atoms with Crippen molar-refractivity contribution in [3.63, 3.8) is 0 Å². The monoisotopic (exact) mass is 331 g/mol. The molecule has 1 aromatic rings. The first-order chi connectivity index (χ1) is 10.8. The first-order valence-corrected chi connectivity index (χ1v) is 7.04. The second-order valence-electron chi connectivity index (χ2n) is 5.37. The van der Waals surface area contributed by atoms with Gasteiger partial charge in [0, 0.05) is 13.1 Å². The first kappa shape index (κ1) is 17.1. The summed E-state index contributed by atoms with van der Waals surface area (Å²) in [5, 5.41) is 8.91. The van der Waals surface area contributed by atoms with Crippen molar-refractivity contribution in [3.8, 4) is 0 Å². The van der Waals surface area contributed by atoms with E-state index in [1.807, 2.05) is 0 Å². The predicted molar refractivity (Wildman–Crippen MR) is 73.5 cm³/mol. The van der Waals surface area contributed by atoms with E-state index in [1.165, 1.54) is 0 Å². The maximum Gasteiger partial charge on any atom is 0.410 e. The number of carboxylic acids is 1. The number of nitrogens with zero attached hydrogens (tertiary/aromatic N) is 1. The zero-order valence-corrected chi connectivity index (χ0v) is 12.1. The molecule has 1 aliphatic heterocycles. The van der Waals surface area contributed by atoms with Gasteiger partial charge in [-0.15, -0.1) is 0 Å². The van der Waals surface area contributed by atoms with Gasteiger partial charge in [-0.1, -0.05) is 30.3 Å². The number of ether oxygens (including phenoxy) is 1. The minimum atomic E-state index is -4.68. The number of carboxylic acid groups (broad SMARTS) is 1. The molecule has 1 heterocycles. The molecule has 0 radical (unpaired) electrons. The molecule has 0 unspecified atom stereocenters. The molecule has 23 heavy (non-hydrogen) atoms. The van der Waals surface area contributed by atoms with E-state index < -0.39 is 36.6 Å². The lowest BCUT2D eigenvalue weighted by atomic mass is 9.85. The Balaban J connectivity index is 1.98. The number of amides is 1. The zero-order valence-electron chi connectivity index (χ0n) is 12.1. The van der Waals surface area contributed by atoms with Crippen LogP contribution in [0.2, 0.25) is 0 Å². The number of carbonyl (C=O) groups excluding carboxylic acids is 1. The Kier molecular flexibility index (Phi) is 5.12. The third-order valence-corrected chi connectivity index (χ3v) is 3.81. The van der Waals surface area contributed by atoms with Gasteiger partial charge in [0.15, 0.2) is 0 Å². The van der Waals surface area contributed by atoms with Gasteiger partial charge in [0.2, 0.25) is 0 Å². The lowest BCUT2D eigenvalue weighted by Gasteiger charge is -2.36. The molecular weight excluding hydrogens is 315 g/mol. The average Bonchev–Trinajstić information content (AvgIpc) is 2.52. The molecule has 1 fully saturated rings. The summed E-state index contributed by atoms with van der Waals surface area (Å²) in [5.74, 6) is -5.11. The maximum absolute atomic E-state index is 13.0. The number of alkyl halides is 3. The lowest BCUT2D eigenvalue weighted by molar-refractivity contribution is -0.206. The number of piperidine rings is 1. The first-order valence-electron chi connectivity index (χ1n) is 7.04. The molecular formula is C15H16F3NO4. The summed E-state index contributed by atoms with van der Waals surface area (Å²) in [7, 11) is 0. The summed E-state index contributed by atoms with van der Waals surface area (Å²) < 4.78 is 44.0. The van der Waals surface area contributed by atoms with Crippen molar-refractivity contribution in [2.45, 2.75) is 19.2 Å². The van der Waals surface area contributed by atoms with E-state index in [2.05, 4.69) is 0 Å². The van der Waals surface area contributed by atoms with Crippen LogP contribution in [0.5, 0.6) is 0 Å². The van der Waals surface area contributed by atoms with Crippen LogP contribution in [-0.2, 0) is 16.1 Å². The van der Waals surface area contributed by atoms with Crippen LogP contribution in [0.15, 0.2) is 30.3 Å². The number of benzene rings is 1. The van der Waals surface area contributed by atoms with Crippen LogP contribution in [0.1, 0.15) is 12.0 Å². The third-order valence-electron chi connectivity index (χ3n) is 3.81. The number of halogens is 3. The van der Waals surface area contributed by atoms with E-state index in [-0.39, 0.29) is 19.6 Å². The van der Waals surface area contributed by atoms with Crippen LogP contribution < -0.4 is 0 Å². The standard InChI is InChI=1S/C15H16F3NO4/c16-15(17,18)12-8-19(7-6-11(12)13(20)21)14(22)23-9-10-4-2-1-3-5-10/h1-5,11-12H,6-9H2,(H,20,21)/t11-,12-/m0/s1. The molecule has 1 saturated heterocycles. The van der Waals surface area contributed by atoms with Crippen molar-refractivity contribution in [2.24, 2.45) is 11.8 Å². The van der Waals surface area contributed by atoms with E-state index >= 15 is 0 Å². The summed E-state index contributed by atoms with van der Waals surface area (Å²) in [5.41, 5.74) is 0.716. The van der Waals surface area contributed by atoms with E-state index in [1.54, 1.807) is 30.3 Å². The highest BCUT2D eigenvalue weighted by molar-refractivity contribution is 5.72. The molecule has 2 atom stereocenters. The van der Waals surface area contributed by atoms with Crippen molar-refractivity contribution in [1.29, 1.82) is 0 Å². The van der Waals surface area contributed by atoms with Gasteiger partial charge in [-0.25, -0.2) is 4.79 Å². The highest BCUT2D eigenvalue weighted by Gasteiger charge is 2.51. The molecule has 1 aromatic carbocycles. The second kappa shape index (κ2) is 6.89. The highest BCUT2D eigenvalue weighted by atomic mass is 19.4. The van der Waals surface area contributed by atoms with Crippen LogP contribution in [0.25, 0.3) is 0 Å². The predicted octanol–water partition coefficient (Wildman–Crippen LogP) is 2.91. The Morgan fingerprint density at radius 1 is 1.26 bits per heavy atom. The summed E-state index contributed by atoms with van der Waals surface area (Å²) >= 11 is 0. The fourth-order valence-electron chi connectivity index (χ4n) is 2.56. The Morgan fingerprint density at radius 2 is 1.91 bits per heavy atom. The molecule has 0 aromatic heterocycles. The lowest BCUT2D eigenvalue weighted by Crippen LogP contribution is -2.51. The molecule has 8 heteroatoms. The van der Waals surface area contributed by atoms with Gasteiger partial charge in [-0.05, 0) is 12.0 Å². The molecule has 0 aliphatic carbocycles. The Hall–Kier alpha value is -2.25. The summed E-state index contributed by atoms with van der Waals surface area (Å²) in [6.45, 7) is -0.819. The Morgan fingerprint density at radius 3 is 2.48 bits per heavy atom. The van der Waals surface area contributed by atoms with Crippen LogP contribution in [0.3, 0.4) is 0 Å². The highest BCUT2D eigenvalue weighted by Crippen LogP contribution is 2.37. The SMILES string of the molecule is O=C(O)[C@H]1CCN(C(=O)OCc2ccccc2)C[C@@H]1C(F)(F)F. The summed E-state index contributed by atoms with van der Waals surface area (Å²) in [6, 6.07) is 8.74. The van der Waals surface area contributed by atoms with E-state index in [4.69, 9.17) is 9.84 Å². The molecule has 1 amide bonds. The molecule has 0 saturated carbocycles. The molecule has 5 nitrogen and oxygen atoms in total. The zero-order chi connectivity index (χ0) is 17.0. The van der Waals surface area contributed by atoms with Crippen LogP contribution in [0.4, 0.5) is 18.0 Å². The average molecular weight is 331 g/mol. The Labute approximate surface area is 130 Å². The number of hydrogen-bond donors (Lipinski definition) is 1. The largest absolute Gasteiger partial charge is 0.481 e. The van der Waals surface area contributed by atoms with Crippen molar-refractivity contribution in [2.75, 3.05) is 13.1 Å². The van der Waals surface area contributed by atoms with Gasteiger partial charge in [0.1, 0.15) is 6.61 Å². The van der Waals surface area contributed by atoms with Gasteiger partial charge < -0.3 is 14.7 Å². The minimum absolute atomic E-state index is 0.0464. The normalized spacial score (nSPS) is 21.8. The van der Waals surface area contributed by atoms with Gasteiger partial charge in [-0.2, -0.15) is 13.2 Å². The molecule has 2 rings (SSSR count). The molecule has 0 spiro atoms. The minimum Gasteiger partial charge on any atom is -0.481 e. The van der Waals surface area contributed by atoms with Crippen LogP contribution in [0, 0.1) is 11.8 Å².